The van der Waals surface area contributed by atoms with Gasteiger partial charge in [-0.1, -0.05) is 39.0 Å². The average molecular weight is 342 g/mol. The molecule has 1 aliphatic heterocycles. The second-order valence-corrected chi connectivity index (χ2v) is 6.51. The summed E-state index contributed by atoms with van der Waals surface area (Å²) in [7, 11) is 0. The minimum Gasteiger partial charge on any atom is -0.466 e. The Labute approximate surface area is 146 Å². The van der Waals surface area contributed by atoms with Gasteiger partial charge in [0.25, 0.3) is 0 Å². The van der Waals surface area contributed by atoms with Crippen molar-refractivity contribution in [3.8, 4) is 0 Å². The lowest BCUT2D eigenvalue weighted by Gasteiger charge is -2.10. The maximum absolute atomic E-state index is 11.6. The monoisotopic (exact) mass is 342 g/mol. The first-order valence-corrected chi connectivity index (χ1v) is 9.65. The van der Waals surface area contributed by atoms with Crippen LogP contribution in [0.15, 0.2) is 0 Å². The molecule has 1 saturated heterocycles. The van der Waals surface area contributed by atoms with Crippen molar-refractivity contribution in [2.45, 2.75) is 90.1 Å². The SMILES string of the molecule is CCCCOC(=O)CCCCCCCCC(=O)OCC1CCCO1. The predicted molar refractivity (Wildman–Crippen MR) is 92.7 cm³/mol. The molecule has 0 radical (unpaired) electrons. The Kier molecular flexibility index (Phi) is 12.4. The van der Waals surface area contributed by atoms with Crippen LogP contribution in [0, 0.1) is 0 Å². The van der Waals surface area contributed by atoms with Crippen molar-refractivity contribution in [3.63, 3.8) is 0 Å². The summed E-state index contributed by atoms with van der Waals surface area (Å²) in [6.45, 7) is 3.84. The molecule has 1 fully saturated rings. The molecule has 1 rings (SSSR count). The molecule has 5 heteroatoms. The zero-order chi connectivity index (χ0) is 17.5. The normalized spacial score (nSPS) is 17.0. The number of rotatable bonds is 14. The lowest BCUT2D eigenvalue weighted by molar-refractivity contribution is -0.147. The molecule has 0 bridgehead atoms. The van der Waals surface area contributed by atoms with Gasteiger partial charge in [0.05, 0.1) is 12.7 Å². The summed E-state index contributed by atoms with van der Waals surface area (Å²) in [4.78, 5) is 23.0. The van der Waals surface area contributed by atoms with Crippen LogP contribution in [0.2, 0.25) is 0 Å². The summed E-state index contributed by atoms with van der Waals surface area (Å²) in [5, 5.41) is 0. The molecule has 1 unspecified atom stereocenters. The molecule has 0 aliphatic carbocycles. The molecule has 5 nitrogen and oxygen atoms in total. The van der Waals surface area contributed by atoms with Gasteiger partial charge in [-0.05, 0) is 32.1 Å². The Morgan fingerprint density at radius 3 is 2.12 bits per heavy atom. The fourth-order valence-corrected chi connectivity index (χ4v) is 2.68. The van der Waals surface area contributed by atoms with Crippen LogP contribution in [0.5, 0.6) is 0 Å². The van der Waals surface area contributed by atoms with Crippen LogP contribution < -0.4 is 0 Å². The lowest BCUT2D eigenvalue weighted by atomic mass is 10.1. The number of hydrogen-bond acceptors (Lipinski definition) is 5. The quantitative estimate of drug-likeness (QED) is 0.350. The molecule has 0 amide bonds. The van der Waals surface area contributed by atoms with E-state index in [0.717, 1.165) is 70.8 Å². The minimum atomic E-state index is -0.111. The van der Waals surface area contributed by atoms with Crippen molar-refractivity contribution in [2.24, 2.45) is 0 Å². The van der Waals surface area contributed by atoms with E-state index < -0.39 is 0 Å². The van der Waals surface area contributed by atoms with Gasteiger partial charge in [0.1, 0.15) is 6.61 Å². The third-order valence-electron chi connectivity index (χ3n) is 4.23. The van der Waals surface area contributed by atoms with Gasteiger partial charge in [-0.2, -0.15) is 0 Å². The van der Waals surface area contributed by atoms with Crippen LogP contribution in [0.25, 0.3) is 0 Å². The maximum Gasteiger partial charge on any atom is 0.305 e. The van der Waals surface area contributed by atoms with Crippen LogP contribution >= 0.6 is 0 Å². The largest absolute Gasteiger partial charge is 0.466 e. The topological polar surface area (TPSA) is 61.8 Å². The zero-order valence-corrected chi connectivity index (χ0v) is 15.2. The van der Waals surface area contributed by atoms with E-state index in [4.69, 9.17) is 14.2 Å². The van der Waals surface area contributed by atoms with Crippen LogP contribution in [0.4, 0.5) is 0 Å². The minimum absolute atomic E-state index is 0.0718. The van der Waals surface area contributed by atoms with E-state index in [1.807, 2.05) is 0 Å². The predicted octanol–water partition coefficient (Wildman–Crippen LogP) is 4.17. The zero-order valence-electron chi connectivity index (χ0n) is 15.2. The molecule has 1 heterocycles. The second-order valence-electron chi connectivity index (χ2n) is 6.51. The molecule has 0 N–H and O–H groups in total. The maximum atomic E-state index is 11.6. The number of unbranched alkanes of at least 4 members (excludes halogenated alkanes) is 6. The van der Waals surface area contributed by atoms with Crippen molar-refractivity contribution >= 4 is 11.9 Å². The van der Waals surface area contributed by atoms with Gasteiger partial charge < -0.3 is 14.2 Å². The number of esters is 2. The van der Waals surface area contributed by atoms with Gasteiger partial charge in [-0.15, -0.1) is 0 Å². The molecular weight excluding hydrogens is 308 g/mol. The van der Waals surface area contributed by atoms with E-state index in [9.17, 15) is 9.59 Å². The van der Waals surface area contributed by atoms with Gasteiger partial charge in [-0.3, -0.25) is 9.59 Å². The Balaban J connectivity index is 1.81. The molecule has 0 spiro atoms. The van der Waals surface area contributed by atoms with Crippen LogP contribution in [-0.2, 0) is 23.8 Å². The van der Waals surface area contributed by atoms with Crippen molar-refractivity contribution < 1.29 is 23.8 Å². The molecule has 1 aliphatic rings. The van der Waals surface area contributed by atoms with Gasteiger partial charge in [-0.25, -0.2) is 0 Å². The summed E-state index contributed by atoms with van der Waals surface area (Å²) >= 11 is 0. The smallest absolute Gasteiger partial charge is 0.305 e. The Hall–Kier alpha value is -1.10. The average Bonchev–Trinajstić information content (AvgIpc) is 3.09. The van der Waals surface area contributed by atoms with Gasteiger partial charge >= 0.3 is 11.9 Å². The third-order valence-corrected chi connectivity index (χ3v) is 4.23. The highest BCUT2D eigenvalue weighted by atomic mass is 16.6. The fourth-order valence-electron chi connectivity index (χ4n) is 2.68. The molecule has 1 atom stereocenters. The molecule has 0 aromatic carbocycles. The van der Waals surface area contributed by atoms with Gasteiger partial charge in [0.2, 0.25) is 0 Å². The highest BCUT2D eigenvalue weighted by Gasteiger charge is 2.17. The number of hydrogen-bond donors (Lipinski definition) is 0. The summed E-state index contributed by atoms with van der Waals surface area (Å²) in [6.07, 6.45) is 11.3. The highest BCUT2D eigenvalue weighted by Crippen LogP contribution is 2.13. The van der Waals surface area contributed by atoms with Crippen molar-refractivity contribution in [2.75, 3.05) is 19.8 Å². The van der Waals surface area contributed by atoms with Crippen LogP contribution in [0.1, 0.15) is 84.0 Å². The van der Waals surface area contributed by atoms with Crippen LogP contribution in [-0.4, -0.2) is 37.9 Å². The van der Waals surface area contributed by atoms with Crippen molar-refractivity contribution in [3.05, 3.63) is 0 Å². The Bertz CT molecular complexity index is 337. The van der Waals surface area contributed by atoms with Gasteiger partial charge in [0.15, 0.2) is 0 Å². The van der Waals surface area contributed by atoms with Crippen molar-refractivity contribution in [1.29, 1.82) is 0 Å². The molecule has 0 aromatic heterocycles. The summed E-state index contributed by atoms with van der Waals surface area (Å²) in [5.74, 6) is -0.183. The summed E-state index contributed by atoms with van der Waals surface area (Å²) in [5.41, 5.74) is 0. The first-order valence-electron chi connectivity index (χ1n) is 9.65. The Morgan fingerprint density at radius 1 is 0.917 bits per heavy atom. The van der Waals surface area contributed by atoms with Crippen LogP contribution in [0.3, 0.4) is 0 Å². The third kappa shape index (κ3) is 11.4. The molecular formula is C19H34O5. The Morgan fingerprint density at radius 2 is 1.54 bits per heavy atom. The fraction of sp³-hybridized carbons (Fsp3) is 0.895. The van der Waals surface area contributed by atoms with E-state index in [-0.39, 0.29) is 18.0 Å². The first kappa shape index (κ1) is 20.9. The van der Waals surface area contributed by atoms with E-state index in [1.54, 1.807) is 0 Å². The van der Waals surface area contributed by atoms with E-state index in [0.29, 0.717) is 26.1 Å². The molecule has 0 saturated carbocycles. The van der Waals surface area contributed by atoms with E-state index >= 15 is 0 Å². The van der Waals surface area contributed by atoms with E-state index in [2.05, 4.69) is 6.92 Å². The van der Waals surface area contributed by atoms with Crippen molar-refractivity contribution in [1.82, 2.24) is 0 Å². The molecule has 0 aromatic rings. The molecule has 140 valence electrons. The number of carbonyl (C=O) groups excluding carboxylic acids is 2. The lowest BCUT2D eigenvalue weighted by Crippen LogP contribution is -2.17. The first-order chi connectivity index (χ1) is 11.7. The highest BCUT2D eigenvalue weighted by molar-refractivity contribution is 5.69. The van der Waals surface area contributed by atoms with E-state index in [1.165, 1.54) is 0 Å². The summed E-state index contributed by atoms with van der Waals surface area (Å²) in [6, 6.07) is 0. The second kappa shape index (κ2) is 14.3. The number of carbonyl (C=O) groups is 2. The number of ether oxygens (including phenoxy) is 3. The molecule has 24 heavy (non-hydrogen) atoms. The standard InChI is InChI=1S/C19H34O5/c1-2-3-14-23-18(20)12-8-6-4-5-7-9-13-19(21)24-16-17-11-10-15-22-17/h17H,2-16H2,1H3. The summed E-state index contributed by atoms with van der Waals surface area (Å²) < 4.78 is 15.8. The van der Waals surface area contributed by atoms with Gasteiger partial charge in [0, 0.05) is 19.4 Å².